The molecule has 0 radical (unpaired) electrons. The number of likely N-dealkylation sites (tertiary alicyclic amines) is 1. The molecule has 1 aliphatic heterocycles. The summed E-state index contributed by atoms with van der Waals surface area (Å²) in [4.78, 5) is 34.4. The fraction of sp³-hybridized carbons (Fsp3) is 0.333. The van der Waals surface area contributed by atoms with Gasteiger partial charge >= 0.3 is 0 Å². The molecule has 0 aliphatic carbocycles. The summed E-state index contributed by atoms with van der Waals surface area (Å²) in [7, 11) is 1.34. The minimum Gasteiger partial charge on any atom is -0.368 e. The van der Waals surface area contributed by atoms with Crippen molar-refractivity contribution in [2.45, 2.75) is 18.9 Å². The van der Waals surface area contributed by atoms with E-state index < -0.39 is 28.4 Å². The second-order valence-electron chi connectivity index (χ2n) is 4.57. The first-order chi connectivity index (χ1) is 9.81. The first-order valence-corrected chi connectivity index (χ1v) is 6.39. The highest BCUT2D eigenvalue weighted by Crippen LogP contribution is 2.31. The Bertz CT molecular complexity index is 637. The topological polar surface area (TPSA) is 92.6 Å². The molecule has 112 valence electrons. The van der Waals surface area contributed by atoms with Gasteiger partial charge in [-0.15, -0.1) is 0 Å². The molecule has 1 heterocycles. The van der Waals surface area contributed by atoms with Crippen LogP contribution in [0.4, 0.5) is 15.8 Å². The van der Waals surface area contributed by atoms with Gasteiger partial charge < -0.3 is 5.32 Å². The highest BCUT2D eigenvalue weighted by atomic mass is 35.5. The maximum absolute atomic E-state index is 13.3. The Hall–Kier alpha value is -2.22. The summed E-state index contributed by atoms with van der Waals surface area (Å²) in [5, 5.41) is 13.3. The third-order valence-corrected chi connectivity index (χ3v) is 3.50. The summed E-state index contributed by atoms with van der Waals surface area (Å²) < 4.78 is 13.3. The Morgan fingerprint density at radius 2 is 2.14 bits per heavy atom. The van der Waals surface area contributed by atoms with Crippen molar-refractivity contribution in [3.05, 3.63) is 33.1 Å². The Labute approximate surface area is 123 Å². The van der Waals surface area contributed by atoms with Crippen molar-refractivity contribution in [1.29, 1.82) is 0 Å². The lowest BCUT2D eigenvalue weighted by atomic mass is 10.0. The Morgan fingerprint density at radius 3 is 2.76 bits per heavy atom. The van der Waals surface area contributed by atoms with Crippen molar-refractivity contribution < 1.29 is 18.9 Å². The monoisotopic (exact) mass is 315 g/mol. The number of carbonyl (C=O) groups is 2. The number of benzene rings is 1. The Morgan fingerprint density at radius 1 is 1.48 bits per heavy atom. The number of amides is 2. The number of halogens is 2. The van der Waals surface area contributed by atoms with Crippen LogP contribution >= 0.6 is 11.6 Å². The SMILES string of the molecule is CN1C(=O)CCC(Nc2cc(Cl)c(F)cc2[N+](=O)[O-])C1=O. The molecule has 0 spiro atoms. The first-order valence-electron chi connectivity index (χ1n) is 6.01. The van der Waals surface area contributed by atoms with Gasteiger partial charge in [-0.3, -0.25) is 24.6 Å². The molecule has 1 N–H and O–H groups in total. The predicted molar refractivity (Wildman–Crippen MR) is 72.5 cm³/mol. The fourth-order valence-corrected chi connectivity index (χ4v) is 2.20. The van der Waals surface area contributed by atoms with Crippen LogP contribution in [0.2, 0.25) is 5.02 Å². The van der Waals surface area contributed by atoms with E-state index in [9.17, 15) is 24.1 Å². The minimum atomic E-state index is -0.920. The van der Waals surface area contributed by atoms with Crippen molar-refractivity contribution >= 4 is 34.8 Å². The van der Waals surface area contributed by atoms with Crippen LogP contribution in [0.5, 0.6) is 0 Å². The molecule has 1 unspecified atom stereocenters. The number of nitrogens with zero attached hydrogens (tertiary/aromatic N) is 2. The number of nitro benzene ring substituents is 1. The number of imide groups is 1. The zero-order valence-corrected chi connectivity index (χ0v) is 11.7. The van der Waals surface area contributed by atoms with E-state index in [-0.39, 0.29) is 29.5 Å². The Balaban J connectivity index is 2.31. The molecule has 1 fully saturated rings. The average Bonchev–Trinajstić information content (AvgIpc) is 2.43. The normalized spacial score (nSPS) is 18.8. The lowest BCUT2D eigenvalue weighted by molar-refractivity contribution is -0.384. The zero-order chi connectivity index (χ0) is 15.7. The van der Waals surface area contributed by atoms with E-state index in [0.29, 0.717) is 6.07 Å². The van der Waals surface area contributed by atoms with E-state index in [0.717, 1.165) is 11.0 Å². The van der Waals surface area contributed by atoms with Crippen LogP contribution < -0.4 is 5.32 Å². The number of nitro groups is 1. The molecular formula is C12H11ClFN3O4. The van der Waals surface area contributed by atoms with Gasteiger partial charge in [-0.25, -0.2) is 4.39 Å². The van der Waals surface area contributed by atoms with Crippen LogP contribution in [0.1, 0.15) is 12.8 Å². The van der Waals surface area contributed by atoms with Gasteiger partial charge in [0.2, 0.25) is 5.91 Å². The maximum atomic E-state index is 13.3. The van der Waals surface area contributed by atoms with E-state index in [1.807, 2.05) is 0 Å². The second kappa shape index (κ2) is 5.65. The number of nitrogens with one attached hydrogen (secondary N) is 1. The van der Waals surface area contributed by atoms with E-state index >= 15 is 0 Å². The molecule has 1 aliphatic rings. The first kappa shape index (κ1) is 15.2. The summed E-state index contributed by atoms with van der Waals surface area (Å²) in [6, 6.07) is 0.943. The van der Waals surface area contributed by atoms with E-state index in [2.05, 4.69) is 5.32 Å². The van der Waals surface area contributed by atoms with Crippen molar-refractivity contribution in [3.8, 4) is 0 Å². The molecule has 9 heteroatoms. The van der Waals surface area contributed by atoms with Crippen molar-refractivity contribution in [2.24, 2.45) is 0 Å². The highest BCUT2D eigenvalue weighted by Gasteiger charge is 2.33. The van der Waals surface area contributed by atoms with Gasteiger partial charge in [0.05, 0.1) is 16.0 Å². The number of hydrogen-bond acceptors (Lipinski definition) is 5. The summed E-state index contributed by atoms with van der Waals surface area (Å²) in [5.41, 5.74) is -0.586. The van der Waals surface area contributed by atoms with E-state index in [1.54, 1.807) is 0 Å². The van der Waals surface area contributed by atoms with Gasteiger partial charge in [0.15, 0.2) is 0 Å². The summed E-state index contributed by atoms with van der Waals surface area (Å²) >= 11 is 5.61. The molecule has 1 aromatic carbocycles. The van der Waals surface area contributed by atoms with Crippen molar-refractivity contribution in [2.75, 3.05) is 12.4 Å². The van der Waals surface area contributed by atoms with Crippen molar-refractivity contribution in [1.82, 2.24) is 4.90 Å². The number of likely N-dealkylation sites (N-methyl/N-ethyl adjacent to an activating group) is 1. The molecule has 7 nitrogen and oxygen atoms in total. The molecule has 1 aromatic rings. The summed E-state index contributed by atoms with van der Waals surface area (Å²) in [5.74, 6) is -1.73. The molecule has 21 heavy (non-hydrogen) atoms. The minimum absolute atomic E-state index is 0.0625. The maximum Gasteiger partial charge on any atom is 0.295 e. The summed E-state index contributed by atoms with van der Waals surface area (Å²) in [6.07, 6.45) is 0.344. The molecule has 0 bridgehead atoms. The predicted octanol–water partition coefficient (Wildman–Crippen LogP) is 1.95. The molecule has 1 saturated heterocycles. The zero-order valence-electron chi connectivity index (χ0n) is 10.9. The van der Waals surface area contributed by atoms with E-state index in [4.69, 9.17) is 11.6 Å². The van der Waals surface area contributed by atoms with Crippen LogP contribution in [-0.2, 0) is 9.59 Å². The number of hydrogen-bond donors (Lipinski definition) is 1. The highest BCUT2D eigenvalue weighted by molar-refractivity contribution is 6.31. The largest absolute Gasteiger partial charge is 0.368 e. The second-order valence-corrected chi connectivity index (χ2v) is 4.97. The van der Waals surface area contributed by atoms with E-state index in [1.165, 1.54) is 7.05 Å². The molecule has 0 saturated carbocycles. The lowest BCUT2D eigenvalue weighted by Gasteiger charge is -2.28. The van der Waals surface area contributed by atoms with Gasteiger partial charge in [0, 0.05) is 13.5 Å². The third-order valence-electron chi connectivity index (χ3n) is 3.21. The van der Waals surface area contributed by atoms with Gasteiger partial charge in [0.1, 0.15) is 17.5 Å². The number of carbonyl (C=O) groups excluding carboxylic acids is 2. The number of piperidine rings is 1. The van der Waals surface area contributed by atoms with Crippen LogP contribution in [0.3, 0.4) is 0 Å². The van der Waals surface area contributed by atoms with Crippen LogP contribution in [-0.4, -0.2) is 34.7 Å². The molecular weight excluding hydrogens is 305 g/mol. The fourth-order valence-electron chi connectivity index (χ4n) is 2.04. The van der Waals surface area contributed by atoms with Gasteiger partial charge in [-0.1, -0.05) is 11.6 Å². The molecule has 2 rings (SSSR count). The van der Waals surface area contributed by atoms with Crippen LogP contribution in [0.25, 0.3) is 0 Å². The van der Waals surface area contributed by atoms with Gasteiger partial charge in [-0.05, 0) is 12.5 Å². The Kier molecular flexibility index (Phi) is 4.08. The standard InChI is InChI=1S/C12H11ClFN3O4/c1-16-11(18)3-2-8(12(16)19)15-9-4-6(13)7(14)5-10(9)17(20)21/h4-5,8,15H,2-3H2,1H3. The van der Waals surface area contributed by atoms with Crippen LogP contribution in [0, 0.1) is 15.9 Å². The van der Waals surface area contributed by atoms with Gasteiger partial charge in [-0.2, -0.15) is 0 Å². The third kappa shape index (κ3) is 2.94. The average molecular weight is 316 g/mol. The van der Waals surface area contributed by atoms with Crippen molar-refractivity contribution in [3.63, 3.8) is 0 Å². The van der Waals surface area contributed by atoms with Crippen LogP contribution in [0.15, 0.2) is 12.1 Å². The summed E-state index contributed by atoms with van der Waals surface area (Å²) in [6.45, 7) is 0. The molecule has 0 aromatic heterocycles. The molecule has 2 amide bonds. The smallest absolute Gasteiger partial charge is 0.295 e. The molecule has 1 atom stereocenters. The van der Waals surface area contributed by atoms with Gasteiger partial charge in [0.25, 0.3) is 11.6 Å². The number of rotatable bonds is 3. The lowest BCUT2D eigenvalue weighted by Crippen LogP contribution is -2.48. The number of anilines is 1. The quantitative estimate of drug-likeness (QED) is 0.523.